The summed E-state index contributed by atoms with van der Waals surface area (Å²) >= 11 is 0. The molecule has 0 aliphatic carbocycles. The summed E-state index contributed by atoms with van der Waals surface area (Å²) < 4.78 is 0. The van der Waals surface area contributed by atoms with E-state index >= 15 is 0 Å². The van der Waals surface area contributed by atoms with E-state index in [2.05, 4.69) is 5.32 Å². The van der Waals surface area contributed by atoms with Crippen LogP contribution in [0.2, 0.25) is 0 Å². The summed E-state index contributed by atoms with van der Waals surface area (Å²) in [5, 5.41) is 3.02. The first-order chi connectivity index (χ1) is 8.15. The Kier molecular flexibility index (Phi) is 5.70. The van der Waals surface area contributed by atoms with E-state index in [9.17, 15) is 4.79 Å². The van der Waals surface area contributed by atoms with E-state index in [0.29, 0.717) is 6.54 Å². The molecule has 3 heteroatoms. The molecule has 0 saturated carbocycles. The molecule has 0 saturated heterocycles. The van der Waals surface area contributed by atoms with Crippen molar-refractivity contribution in [3.63, 3.8) is 0 Å². The highest BCUT2D eigenvalue weighted by molar-refractivity contribution is 5.83. The topological polar surface area (TPSA) is 55.1 Å². The summed E-state index contributed by atoms with van der Waals surface area (Å²) in [4.78, 5) is 12.0. The van der Waals surface area contributed by atoms with Crippen molar-refractivity contribution in [1.82, 2.24) is 5.32 Å². The molecule has 1 aromatic carbocycles. The average molecular weight is 234 g/mol. The molecule has 3 nitrogen and oxygen atoms in total. The van der Waals surface area contributed by atoms with E-state index in [1.165, 1.54) is 0 Å². The van der Waals surface area contributed by atoms with Crippen LogP contribution in [-0.4, -0.2) is 18.5 Å². The lowest BCUT2D eigenvalue weighted by Gasteiger charge is -2.17. The number of hydrogen-bond acceptors (Lipinski definition) is 2. The number of nitrogens with one attached hydrogen (secondary N) is 1. The first-order valence-corrected chi connectivity index (χ1v) is 6.20. The SMILES string of the molecule is CC(CCCN)NC(=O)C(C)c1ccccc1. The molecule has 17 heavy (non-hydrogen) atoms. The number of rotatable bonds is 6. The minimum atomic E-state index is -0.100. The standard InChI is InChI=1S/C14H22N2O/c1-11(7-6-10-15)16-14(17)12(2)13-8-4-3-5-9-13/h3-5,8-9,11-12H,6-7,10,15H2,1-2H3,(H,16,17). The van der Waals surface area contributed by atoms with E-state index < -0.39 is 0 Å². The van der Waals surface area contributed by atoms with Gasteiger partial charge in [0.15, 0.2) is 0 Å². The van der Waals surface area contributed by atoms with Gasteiger partial charge in [0, 0.05) is 6.04 Å². The Balaban J connectivity index is 2.47. The molecule has 1 aromatic rings. The Bertz CT molecular complexity index is 337. The number of carbonyl (C=O) groups is 1. The maximum absolute atomic E-state index is 12.0. The summed E-state index contributed by atoms with van der Waals surface area (Å²) in [6, 6.07) is 10.0. The van der Waals surface area contributed by atoms with Gasteiger partial charge >= 0.3 is 0 Å². The number of carbonyl (C=O) groups excluding carboxylic acids is 1. The van der Waals surface area contributed by atoms with Gasteiger partial charge in [-0.3, -0.25) is 4.79 Å². The van der Waals surface area contributed by atoms with Gasteiger partial charge in [-0.2, -0.15) is 0 Å². The van der Waals surface area contributed by atoms with E-state index in [4.69, 9.17) is 5.73 Å². The molecule has 2 atom stereocenters. The zero-order valence-electron chi connectivity index (χ0n) is 10.6. The summed E-state index contributed by atoms with van der Waals surface area (Å²) in [7, 11) is 0. The first-order valence-electron chi connectivity index (χ1n) is 6.20. The van der Waals surface area contributed by atoms with Gasteiger partial charge < -0.3 is 11.1 Å². The second kappa shape index (κ2) is 7.07. The minimum absolute atomic E-state index is 0.0840. The average Bonchev–Trinajstić information content (AvgIpc) is 2.36. The van der Waals surface area contributed by atoms with Gasteiger partial charge in [-0.1, -0.05) is 30.3 Å². The fraction of sp³-hybridized carbons (Fsp3) is 0.500. The van der Waals surface area contributed by atoms with Crippen molar-refractivity contribution in [2.75, 3.05) is 6.54 Å². The molecule has 94 valence electrons. The first kappa shape index (κ1) is 13.7. The molecule has 2 unspecified atom stereocenters. The fourth-order valence-electron chi connectivity index (χ4n) is 1.76. The van der Waals surface area contributed by atoms with Gasteiger partial charge in [-0.15, -0.1) is 0 Å². The lowest BCUT2D eigenvalue weighted by molar-refractivity contribution is -0.122. The van der Waals surface area contributed by atoms with Gasteiger partial charge in [0.2, 0.25) is 5.91 Å². The smallest absolute Gasteiger partial charge is 0.227 e. The molecule has 1 rings (SSSR count). The molecule has 0 fully saturated rings. The van der Waals surface area contributed by atoms with Crippen LogP contribution in [0.1, 0.15) is 38.2 Å². The van der Waals surface area contributed by atoms with Crippen LogP contribution in [0.3, 0.4) is 0 Å². The second-order valence-corrected chi connectivity index (χ2v) is 4.47. The van der Waals surface area contributed by atoms with Crippen molar-refractivity contribution in [2.24, 2.45) is 5.73 Å². The maximum Gasteiger partial charge on any atom is 0.227 e. The predicted molar refractivity (Wildman–Crippen MR) is 70.8 cm³/mol. The molecule has 0 spiro atoms. The van der Waals surface area contributed by atoms with Gasteiger partial charge in [-0.05, 0) is 38.8 Å². The van der Waals surface area contributed by atoms with Crippen LogP contribution < -0.4 is 11.1 Å². The summed E-state index contributed by atoms with van der Waals surface area (Å²) in [5.74, 6) is -0.0164. The summed E-state index contributed by atoms with van der Waals surface area (Å²) in [6.45, 7) is 4.63. The van der Waals surface area contributed by atoms with Crippen molar-refractivity contribution >= 4 is 5.91 Å². The molecule has 0 heterocycles. The van der Waals surface area contributed by atoms with Gasteiger partial charge in [0.1, 0.15) is 0 Å². The Labute approximate surface area is 103 Å². The highest BCUT2D eigenvalue weighted by Crippen LogP contribution is 2.14. The third-order valence-electron chi connectivity index (χ3n) is 2.92. The van der Waals surface area contributed by atoms with Crippen LogP contribution in [0.5, 0.6) is 0 Å². The fourth-order valence-corrected chi connectivity index (χ4v) is 1.76. The Morgan fingerprint density at radius 2 is 1.94 bits per heavy atom. The Morgan fingerprint density at radius 1 is 1.29 bits per heavy atom. The van der Waals surface area contributed by atoms with Gasteiger partial charge in [-0.25, -0.2) is 0 Å². The molecular weight excluding hydrogens is 212 g/mol. The molecule has 0 radical (unpaired) electrons. The Hall–Kier alpha value is -1.35. The molecule has 0 aromatic heterocycles. The van der Waals surface area contributed by atoms with E-state index in [0.717, 1.165) is 18.4 Å². The lowest BCUT2D eigenvalue weighted by Crippen LogP contribution is -2.35. The maximum atomic E-state index is 12.0. The van der Waals surface area contributed by atoms with Crippen molar-refractivity contribution in [3.05, 3.63) is 35.9 Å². The molecule has 0 aliphatic rings. The number of hydrogen-bond donors (Lipinski definition) is 2. The number of benzene rings is 1. The molecule has 1 amide bonds. The van der Waals surface area contributed by atoms with Crippen molar-refractivity contribution < 1.29 is 4.79 Å². The van der Waals surface area contributed by atoms with Crippen LogP contribution in [0, 0.1) is 0 Å². The van der Waals surface area contributed by atoms with E-state index in [-0.39, 0.29) is 17.9 Å². The van der Waals surface area contributed by atoms with Gasteiger partial charge in [0.25, 0.3) is 0 Å². The quantitative estimate of drug-likeness (QED) is 0.791. The van der Waals surface area contributed by atoms with Crippen molar-refractivity contribution in [2.45, 2.75) is 38.6 Å². The minimum Gasteiger partial charge on any atom is -0.353 e. The van der Waals surface area contributed by atoms with Gasteiger partial charge in [0.05, 0.1) is 5.92 Å². The highest BCUT2D eigenvalue weighted by Gasteiger charge is 2.16. The van der Waals surface area contributed by atoms with E-state index in [1.807, 2.05) is 44.2 Å². The third kappa shape index (κ3) is 4.57. The summed E-state index contributed by atoms with van der Waals surface area (Å²) in [5.41, 5.74) is 6.50. The normalized spacial score (nSPS) is 14.1. The summed E-state index contributed by atoms with van der Waals surface area (Å²) in [6.07, 6.45) is 1.88. The molecule has 0 aliphatic heterocycles. The predicted octanol–water partition coefficient (Wildman–Crippen LogP) is 2.03. The Morgan fingerprint density at radius 3 is 2.53 bits per heavy atom. The largest absolute Gasteiger partial charge is 0.353 e. The third-order valence-corrected chi connectivity index (χ3v) is 2.92. The van der Waals surface area contributed by atoms with Crippen LogP contribution in [0.15, 0.2) is 30.3 Å². The van der Waals surface area contributed by atoms with E-state index in [1.54, 1.807) is 0 Å². The van der Waals surface area contributed by atoms with Crippen LogP contribution in [-0.2, 0) is 4.79 Å². The van der Waals surface area contributed by atoms with Crippen LogP contribution in [0.25, 0.3) is 0 Å². The molecular formula is C14H22N2O. The molecule has 0 bridgehead atoms. The highest BCUT2D eigenvalue weighted by atomic mass is 16.1. The van der Waals surface area contributed by atoms with Crippen molar-refractivity contribution in [1.29, 1.82) is 0 Å². The van der Waals surface area contributed by atoms with Crippen LogP contribution >= 0.6 is 0 Å². The molecule has 3 N–H and O–H groups in total. The zero-order valence-corrected chi connectivity index (χ0v) is 10.6. The van der Waals surface area contributed by atoms with Crippen molar-refractivity contribution in [3.8, 4) is 0 Å². The number of amides is 1. The lowest BCUT2D eigenvalue weighted by atomic mass is 10.00. The zero-order chi connectivity index (χ0) is 12.7. The second-order valence-electron chi connectivity index (χ2n) is 4.47. The monoisotopic (exact) mass is 234 g/mol. The van der Waals surface area contributed by atoms with Crippen LogP contribution in [0.4, 0.5) is 0 Å². The number of nitrogens with two attached hydrogens (primary N) is 1.